The van der Waals surface area contributed by atoms with E-state index in [9.17, 15) is 0 Å². The highest BCUT2D eigenvalue weighted by Gasteiger charge is 2.05. The number of H-pyrrole nitrogens is 1. The molecule has 4 heteroatoms. The number of benzene rings is 1. The summed E-state index contributed by atoms with van der Waals surface area (Å²) < 4.78 is 2.03. The lowest BCUT2D eigenvalue weighted by molar-refractivity contribution is 1.01. The van der Waals surface area contributed by atoms with Gasteiger partial charge in [-0.25, -0.2) is 4.98 Å². The van der Waals surface area contributed by atoms with Crippen molar-refractivity contribution in [3.8, 4) is 0 Å². The van der Waals surface area contributed by atoms with Crippen LogP contribution < -0.4 is 5.73 Å². The lowest BCUT2D eigenvalue weighted by atomic mass is 10.3. The number of aromatic nitrogens is 3. The molecule has 3 N–H and O–H groups in total. The highest BCUT2D eigenvalue weighted by molar-refractivity contribution is 5.79. The molecule has 0 aliphatic heterocycles. The van der Waals surface area contributed by atoms with Crippen molar-refractivity contribution in [2.45, 2.75) is 6.54 Å². The predicted octanol–water partition coefficient (Wildman–Crippen LogP) is 1.27. The van der Waals surface area contributed by atoms with Crippen LogP contribution >= 0.6 is 0 Å². The maximum atomic E-state index is 5.54. The summed E-state index contributed by atoms with van der Waals surface area (Å²) in [5.41, 5.74) is 8.65. The minimum atomic E-state index is 0.512. The Kier molecular flexibility index (Phi) is 1.40. The lowest BCUT2D eigenvalue weighted by Gasteiger charge is -1.88. The number of imidazole rings is 2. The molecule has 0 saturated carbocycles. The van der Waals surface area contributed by atoms with E-state index in [-0.39, 0.29) is 0 Å². The van der Waals surface area contributed by atoms with Crippen molar-refractivity contribution in [3.63, 3.8) is 0 Å². The summed E-state index contributed by atoms with van der Waals surface area (Å²) in [4.78, 5) is 7.60. The van der Waals surface area contributed by atoms with Crippen molar-refractivity contribution in [2.24, 2.45) is 5.73 Å². The van der Waals surface area contributed by atoms with Crippen LogP contribution in [0.5, 0.6) is 0 Å². The molecule has 0 spiro atoms. The second-order valence-electron chi connectivity index (χ2n) is 3.28. The lowest BCUT2D eigenvalue weighted by Crippen LogP contribution is -1.95. The molecule has 3 rings (SSSR count). The van der Waals surface area contributed by atoms with Crippen LogP contribution in [0.4, 0.5) is 0 Å². The summed E-state index contributed by atoms with van der Waals surface area (Å²) in [5.74, 6) is 0.853. The first-order chi connectivity index (χ1) is 6.88. The molecular weight excluding hydrogens is 176 g/mol. The average Bonchev–Trinajstić information content (AvgIpc) is 2.73. The van der Waals surface area contributed by atoms with Gasteiger partial charge in [0.2, 0.25) is 5.78 Å². The molecule has 2 aromatic heterocycles. The number of hydrogen-bond acceptors (Lipinski definition) is 2. The van der Waals surface area contributed by atoms with E-state index in [1.807, 2.05) is 34.9 Å². The van der Waals surface area contributed by atoms with E-state index in [1.54, 1.807) is 0 Å². The van der Waals surface area contributed by atoms with E-state index < -0.39 is 0 Å². The Hall–Kier alpha value is -1.81. The average molecular weight is 186 g/mol. The summed E-state index contributed by atoms with van der Waals surface area (Å²) in [6.07, 6.45) is 1.99. The van der Waals surface area contributed by atoms with Gasteiger partial charge in [0.15, 0.2) is 0 Å². The summed E-state index contributed by atoms with van der Waals surface area (Å²) in [5, 5.41) is 0. The molecule has 0 saturated heterocycles. The Morgan fingerprint density at radius 3 is 3.07 bits per heavy atom. The molecular formula is C10H10N4. The maximum Gasteiger partial charge on any atom is 0.212 e. The van der Waals surface area contributed by atoms with Crippen LogP contribution in [0.1, 0.15) is 5.69 Å². The molecule has 0 aliphatic carbocycles. The molecule has 0 amide bonds. The summed E-state index contributed by atoms with van der Waals surface area (Å²) >= 11 is 0. The Morgan fingerprint density at radius 2 is 2.21 bits per heavy atom. The molecule has 0 aliphatic rings. The number of nitrogens with zero attached hydrogens (tertiary/aromatic N) is 2. The van der Waals surface area contributed by atoms with Gasteiger partial charge >= 0.3 is 0 Å². The number of hydrogen-bond donors (Lipinski definition) is 2. The molecule has 0 atom stereocenters. The molecule has 0 bridgehead atoms. The predicted molar refractivity (Wildman–Crippen MR) is 54.9 cm³/mol. The summed E-state index contributed by atoms with van der Waals surface area (Å²) in [6, 6.07) is 8.03. The molecule has 2 heterocycles. The van der Waals surface area contributed by atoms with E-state index in [1.165, 1.54) is 0 Å². The first-order valence-electron chi connectivity index (χ1n) is 4.53. The quantitative estimate of drug-likeness (QED) is 0.601. The number of nitrogens with two attached hydrogens (primary N) is 1. The topological polar surface area (TPSA) is 59.1 Å². The highest BCUT2D eigenvalue weighted by Crippen LogP contribution is 2.15. The van der Waals surface area contributed by atoms with Crippen LogP contribution in [0.25, 0.3) is 16.8 Å². The zero-order valence-electron chi connectivity index (χ0n) is 7.57. The molecule has 14 heavy (non-hydrogen) atoms. The van der Waals surface area contributed by atoms with Gasteiger partial charge in [-0.2, -0.15) is 0 Å². The van der Waals surface area contributed by atoms with Crippen molar-refractivity contribution in [3.05, 3.63) is 36.2 Å². The van der Waals surface area contributed by atoms with Crippen molar-refractivity contribution >= 4 is 16.8 Å². The summed E-state index contributed by atoms with van der Waals surface area (Å²) in [6.45, 7) is 0.512. The first-order valence-corrected chi connectivity index (χ1v) is 4.53. The molecule has 0 radical (unpaired) electrons. The number of nitrogens with one attached hydrogen (secondary N) is 1. The number of rotatable bonds is 1. The Bertz CT molecular complexity index is 590. The third kappa shape index (κ3) is 0.885. The van der Waals surface area contributed by atoms with Gasteiger partial charge in [0.25, 0.3) is 0 Å². The fourth-order valence-electron chi connectivity index (χ4n) is 1.70. The fourth-order valence-corrected chi connectivity index (χ4v) is 1.70. The third-order valence-electron chi connectivity index (χ3n) is 2.37. The van der Waals surface area contributed by atoms with Crippen LogP contribution in [-0.2, 0) is 6.54 Å². The Morgan fingerprint density at radius 1 is 1.36 bits per heavy atom. The van der Waals surface area contributed by atoms with Crippen LogP contribution in [0.15, 0.2) is 30.5 Å². The van der Waals surface area contributed by atoms with Gasteiger partial charge < -0.3 is 10.7 Å². The highest BCUT2D eigenvalue weighted by atomic mass is 15.1. The normalized spacial score (nSPS) is 11.5. The van der Waals surface area contributed by atoms with E-state index in [0.29, 0.717) is 6.54 Å². The third-order valence-corrected chi connectivity index (χ3v) is 2.37. The van der Waals surface area contributed by atoms with Crippen LogP contribution in [-0.4, -0.2) is 14.4 Å². The minimum Gasteiger partial charge on any atom is -0.326 e. The van der Waals surface area contributed by atoms with Gasteiger partial charge in [-0.15, -0.1) is 0 Å². The van der Waals surface area contributed by atoms with Gasteiger partial charge in [0, 0.05) is 18.4 Å². The number of para-hydroxylation sites is 2. The number of aromatic amines is 1. The SMILES string of the molecule is NCc1cn2c(nc3ccccc32)[nH]1. The molecule has 4 nitrogen and oxygen atoms in total. The maximum absolute atomic E-state index is 5.54. The van der Waals surface area contributed by atoms with E-state index in [0.717, 1.165) is 22.5 Å². The number of fused-ring (bicyclic) bond motifs is 3. The van der Waals surface area contributed by atoms with E-state index >= 15 is 0 Å². The van der Waals surface area contributed by atoms with Gasteiger partial charge in [0.05, 0.1) is 11.0 Å². The zero-order chi connectivity index (χ0) is 9.54. The van der Waals surface area contributed by atoms with Gasteiger partial charge in [-0.3, -0.25) is 4.40 Å². The van der Waals surface area contributed by atoms with Crippen LogP contribution in [0.2, 0.25) is 0 Å². The van der Waals surface area contributed by atoms with Crippen LogP contribution in [0, 0.1) is 0 Å². The Balaban J connectivity index is 2.45. The van der Waals surface area contributed by atoms with E-state index in [4.69, 9.17) is 5.73 Å². The first kappa shape index (κ1) is 7.58. The van der Waals surface area contributed by atoms with Crippen LogP contribution in [0.3, 0.4) is 0 Å². The molecule has 0 fully saturated rings. The van der Waals surface area contributed by atoms with E-state index in [2.05, 4.69) is 9.97 Å². The second-order valence-corrected chi connectivity index (χ2v) is 3.28. The summed E-state index contributed by atoms with van der Waals surface area (Å²) in [7, 11) is 0. The fraction of sp³-hybridized carbons (Fsp3) is 0.100. The molecule has 70 valence electrons. The Labute approximate surface area is 80.4 Å². The standard InChI is InChI=1S/C10H10N4/c11-5-7-6-14-9-4-2-1-3-8(9)13-10(14)12-7/h1-4,6H,5,11H2,(H,12,13). The molecule has 3 aromatic rings. The molecule has 0 unspecified atom stereocenters. The second kappa shape index (κ2) is 2.59. The van der Waals surface area contributed by atoms with Crippen molar-refractivity contribution in [1.29, 1.82) is 0 Å². The van der Waals surface area contributed by atoms with Crippen molar-refractivity contribution in [1.82, 2.24) is 14.4 Å². The largest absolute Gasteiger partial charge is 0.326 e. The van der Waals surface area contributed by atoms with Gasteiger partial charge in [0.1, 0.15) is 0 Å². The van der Waals surface area contributed by atoms with Gasteiger partial charge in [-0.1, -0.05) is 12.1 Å². The van der Waals surface area contributed by atoms with Gasteiger partial charge in [-0.05, 0) is 12.1 Å². The monoisotopic (exact) mass is 186 g/mol. The van der Waals surface area contributed by atoms with Crippen molar-refractivity contribution < 1.29 is 0 Å². The minimum absolute atomic E-state index is 0.512. The zero-order valence-corrected chi connectivity index (χ0v) is 7.57. The molecule has 1 aromatic carbocycles. The van der Waals surface area contributed by atoms with Crippen molar-refractivity contribution in [2.75, 3.05) is 0 Å². The smallest absolute Gasteiger partial charge is 0.212 e.